The summed E-state index contributed by atoms with van der Waals surface area (Å²) in [4.78, 5) is 22.9. The van der Waals surface area contributed by atoms with Crippen molar-refractivity contribution in [3.8, 4) is 5.75 Å². The summed E-state index contributed by atoms with van der Waals surface area (Å²) >= 11 is 1.65. The summed E-state index contributed by atoms with van der Waals surface area (Å²) in [6.45, 7) is 5.95. The number of phenols is 1. The van der Waals surface area contributed by atoms with Crippen molar-refractivity contribution in [2.45, 2.75) is 13.0 Å². The van der Waals surface area contributed by atoms with Crippen molar-refractivity contribution < 1.29 is 14.8 Å². The highest BCUT2D eigenvalue weighted by Gasteiger charge is 2.27. The number of aromatic hydroxyl groups is 1. The molecule has 3 aromatic rings. The average molecular weight is 412 g/mol. The Morgan fingerprint density at radius 3 is 2.62 bits per heavy atom. The number of piperazine rings is 1. The lowest BCUT2D eigenvalue weighted by Gasteiger charge is -2.34. The molecule has 7 heteroatoms. The standard InChI is InChI=1S/C22H26N4O2S/c1-16(22-23-17-7-3-6-10-20(17)29-22)24(2)21(28)15-25-11-13-26(14-12-25)18-8-4-5-9-19(18)27/h3-10,16,27H,11-15H2,1-2H3/p+1/t16-/m1/s1. The summed E-state index contributed by atoms with van der Waals surface area (Å²) in [6, 6.07) is 15.5. The van der Waals surface area contributed by atoms with Gasteiger partial charge in [-0.15, -0.1) is 11.3 Å². The number of anilines is 1. The SMILES string of the molecule is C[C@H](c1nc2ccccc2s1)N(C)C(=O)C[NH+]1CCN(c2ccccc2O)CC1. The second-order valence-electron chi connectivity index (χ2n) is 7.60. The van der Waals surface area contributed by atoms with Gasteiger partial charge in [0.15, 0.2) is 6.54 Å². The van der Waals surface area contributed by atoms with Gasteiger partial charge in [-0.1, -0.05) is 24.3 Å². The van der Waals surface area contributed by atoms with E-state index < -0.39 is 0 Å². The first-order valence-electron chi connectivity index (χ1n) is 10.0. The maximum absolute atomic E-state index is 12.9. The van der Waals surface area contributed by atoms with Crippen LogP contribution in [0.3, 0.4) is 0 Å². The third-order valence-electron chi connectivity index (χ3n) is 5.74. The van der Waals surface area contributed by atoms with Gasteiger partial charge in [0.05, 0.1) is 48.1 Å². The van der Waals surface area contributed by atoms with Gasteiger partial charge >= 0.3 is 0 Å². The van der Waals surface area contributed by atoms with E-state index in [0.717, 1.165) is 47.1 Å². The van der Waals surface area contributed by atoms with E-state index in [4.69, 9.17) is 4.98 Å². The Balaban J connectivity index is 1.34. The first-order chi connectivity index (χ1) is 14.0. The van der Waals surface area contributed by atoms with Crippen LogP contribution in [-0.2, 0) is 4.79 Å². The summed E-state index contributed by atoms with van der Waals surface area (Å²) in [7, 11) is 1.87. The zero-order valence-corrected chi connectivity index (χ0v) is 17.7. The number of benzene rings is 2. The molecule has 4 rings (SSSR count). The number of nitrogens with one attached hydrogen (secondary N) is 1. The van der Waals surface area contributed by atoms with E-state index >= 15 is 0 Å². The lowest BCUT2D eigenvalue weighted by molar-refractivity contribution is -0.892. The minimum absolute atomic E-state index is 0.0399. The van der Waals surface area contributed by atoms with E-state index in [9.17, 15) is 9.90 Å². The van der Waals surface area contributed by atoms with E-state index in [1.165, 1.54) is 4.90 Å². The van der Waals surface area contributed by atoms with Crippen molar-refractivity contribution in [3.05, 3.63) is 53.5 Å². The van der Waals surface area contributed by atoms with Crippen LogP contribution in [0.4, 0.5) is 5.69 Å². The summed E-state index contributed by atoms with van der Waals surface area (Å²) in [6.07, 6.45) is 0. The number of carbonyl (C=O) groups excluding carboxylic acids is 1. The number of likely N-dealkylation sites (N-methyl/N-ethyl adjacent to an activating group) is 1. The first kappa shape index (κ1) is 19.7. The van der Waals surface area contributed by atoms with Crippen LogP contribution >= 0.6 is 11.3 Å². The van der Waals surface area contributed by atoms with Crippen LogP contribution in [0.5, 0.6) is 5.75 Å². The third-order valence-corrected chi connectivity index (χ3v) is 6.94. The van der Waals surface area contributed by atoms with Crippen molar-refractivity contribution in [3.63, 3.8) is 0 Å². The molecule has 152 valence electrons. The molecule has 1 aliphatic rings. The molecule has 6 nitrogen and oxygen atoms in total. The molecule has 2 heterocycles. The van der Waals surface area contributed by atoms with Crippen LogP contribution in [0, 0.1) is 0 Å². The predicted octanol–water partition coefficient (Wildman–Crippen LogP) is 1.93. The normalized spacial score (nSPS) is 16.1. The summed E-state index contributed by atoms with van der Waals surface area (Å²) in [5.74, 6) is 0.458. The average Bonchev–Trinajstić information content (AvgIpc) is 3.18. The minimum Gasteiger partial charge on any atom is -0.506 e. The molecule has 1 atom stereocenters. The Morgan fingerprint density at radius 1 is 1.21 bits per heavy atom. The molecule has 1 aliphatic heterocycles. The number of phenolic OH excluding ortho intramolecular Hbond substituents is 1. The first-order valence-corrected chi connectivity index (χ1v) is 10.8. The van der Waals surface area contributed by atoms with Gasteiger partial charge in [0.25, 0.3) is 5.91 Å². The molecule has 29 heavy (non-hydrogen) atoms. The molecule has 0 radical (unpaired) electrons. The fraction of sp³-hybridized carbons (Fsp3) is 0.364. The van der Waals surface area contributed by atoms with E-state index in [1.54, 1.807) is 17.4 Å². The van der Waals surface area contributed by atoms with Gasteiger partial charge in [0.1, 0.15) is 10.8 Å². The third kappa shape index (κ3) is 4.21. The molecule has 1 saturated heterocycles. The highest BCUT2D eigenvalue weighted by molar-refractivity contribution is 7.18. The molecule has 0 unspecified atom stereocenters. The van der Waals surface area contributed by atoms with E-state index in [0.29, 0.717) is 12.3 Å². The number of hydrogen-bond donors (Lipinski definition) is 2. The number of rotatable bonds is 5. The Morgan fingerprint density at radius 2 is 1.90 bits per heavy atom. The molecule has 1 amide bonds. The van der Waals surface area contributed by atoms with Crippen molar-refractivity contribution in [1.82, 2.24) is 9.88 Å². The Kier molecular flexibility index (Phi) is 5.69. The van der Waals surface area contributed by atoms with Crippen LogP contribution in [0.15, 0.2) is 48.5 Å². The van der Waals surface area contributed by atoms with Crippen LogP contribution in [0.2, 0.25) is 0 Å². The van der Waals surface area contributed by atoms with Crippen LogP contribution in [0.25, 0.3) is 10.2 Å². The smallest absolute Gasteiger partial charge is 0.278 e. The van der Waals surface area contributed by atoms with Crippen molar-refractivity contribution in [1.29, 1.82) is 0 Å². The second kappa shape index (κ2) is 8.39. The maximum Gasteiger partial charge on any atom is 0.278 e. The van der Waals surface area contributed by atoms with E-state index in [2.05, 4.69) is 11.0 Å². The number of thiazole rings is 1. The molecule has 0 bridgehead atoms. The Hall–Kier alpha value is -2.64. The fourth-order valence-corrected chi connectivity index (χ4v) is 4.82. The number of fused-ring (bicyclic) bond motifs is 1. The van der Waals surface area contributed by atoms with Gasteiger partial charge in [0, 0.05) is 7.05 Å². The molecular formula is C22H27N4O2S+. The van der Waals surface area contributed by atoms with Crippen molar-refractivity contribution >= 4 is 33.1 Å². The Bertz CT molecular complexity index is 964. The van der Waals surface area contributed by atoms with Gasteiger partial charge in [-0.25, -0.2) is 4.98 Å². The highest BCUT2D eigenvalue weighted by atomic mass is 32.1. The molecule has 0 spiro atoms. The molecule has 2 N–H and O–H groups in total. The van der Waals surface area contributed by atoms with Gasteiger partial charge in [-0.3, -0.25) is 4.79 Å². The van der Waals surface area contributed by atoms with E-state index in [-0.39, 0.29) is 11.9 Å². The summed E-state index contributed by atoms with van der Waals surface area (Å²) < 4.78 is 1.15. The van der Waals surface area contributed by atoms with E-state index in [1.807, 2.05) is 55.3 Å². The number of para-hydroxylation sites is 3. The van der Waals surface area contributed by atoms with Gasteiger partial charge in [-0.05, 0) is 31.2 Å². The largest absolute Gasteiger partial charge is 0.506 e. The molecule has 2 aromatic carbocycles. The number of amides is 1. The monoisotopic (exact) mass is 411 g/mol. The van der Waals surface area contributed by atoms with Crippen LogP contribution < -0.4 is 9.80 Å². The molecule has 1 aromatic heterocycles. The summed E-state index contributed by atoms with van der Waals surface area (Å²) in [5.41, 5.74) is 1.87. The van der Waals surface area contributed by atoms with Crippen molar-refractivity contribution in [2.75, 3.05) is 44.7 Å². The minimum atomic E-state index is -0.0399. The highest BCUT2D eigenvalue weighted by Crippen LogP contribution is 2.29. The summed E-state index contributed by atoms with van der Waals surface area (Å²) in [5, 5.41) is 11.0. The number of carbonyl (C=O) groups is 1. The zero-order chi connectivity index (χ0) is 20.4. The fourth-order valence-electron chi connectivity index (χ4n) is 3.76. The Labute approximate surface area is 175 Å². The zero-order valence-electron chi connectivity index (χ0n) is 16.8. The van der Waals surface area contributed by atoms with Crippen LogP contribution in [0.1, 0.15) is 18.0 Å². The quantitative estimate of drug-likeness (QED) is 0.674. The number of quaternary nitrogens is 1. The number of aromatic nitrogens is 1. The van der Waals surface area contributed by atoms with Crippen molar-refractivity contribution in [2.24, 2.45) is 0 Å². The molecule has 1 fully saturated rings. The van der Waals surface area contributed by atoms with Gasteiger partial charge in [-0.2, -0.15) is 0 Å². The topological polar surface area (TPSA) is 61.1 Å². The molecular weight excluding hydrogens is 384 g/mol. The second-order valence-corrected chi connectivity index (χ2v) is 8.67. The van der Waals surface area contributed by atoms with Gasteiger partial charge in [0.2, 0.25) is 0 Å². The lowest BCUT2D eigenvalue weighted by Crippen LogP contribution is -3.15. The predicted molar refractivity (Wildman–Crippen MR) is 117 cm³/mol. The number of nitrogens with zero attached hydrogens (tertiary/aromatic N) is 3. The lowest BCUT2D eigenvalue weighted by atomic mass is 10.2. The van der Waals surface area contributed by atoms with Crippen LogP contribution in [-0.4, -0.2) is 60.7 Å². The maximum atomic E-state index is 12.9. The molecule has 0 aliphatic carbocycles. The van der Waals surface area contributed by atoms with Gasteiger partial charge < -0.3 is 19.8 Å². The number of hydrogen-bond acceptors (Lipinski definition) is 5. The molecule has 0 saturated carbocycles.